The van der Waals surface area contributed by atoms with E-state index in [0.717, 1.165) is 0 Å². The largest absolute Gasteiger partial charge is 0.369 e. The fourth-order valence-electron chi connectivity index (χ4n) is 0.802. The van der Waals surface area contributed by atoms with Crippen LogP contribution in [0.5, 0.6) is 0 Å². The Morgan fingerprint density at radius 2 is 2.20 bits per heavy atom. The SMILES string of the molecule is CC(C)(CNc1cnc(Cl)cn1)C(N)=O. The van der Waals surface area contributed by atoms with Gasteiger partial charge in [0.2, 0.25) is 5.91 Å². The van der Waals surface area contributed by atoms with Crippen molar-refractivity contribution in [2.24, 2.45) is 11.1 Å². The number of halogens is 1. The van der Waals surface area contributed by atoms with E-state index < -0.39 is 5.41 Å². The van der Waals surface area contributed by atoms with Crippen molar-refractivity contribution in [3.8, 4) is 0 Å². The van der Waals surface area contributed by atoms with Crippen LogP contribution in [0.15, 0.2) is 12.4 Å². The number of amides is 1. The second kappa shape index (κ2) is 4.44. The average Bonchev–Trinajstić information content (AvgIpc) is 2.17. The van der Waals surface area contributed by atoms with Gasteiger partial charge in [0.05, 0.1) is 17.8 Å². The van der Waals surface area contributed by atoms with Gasteiger partial charge in [0.1, 0.15) is 11.0 Å². The van der Waals surface area contributed by atoms with Crippen LogP contribution in [-0.4, -0.2) is 22.4 Å². The zero-order valence-corrected chi connectivity index (χ0v) is 9.38. The van der Waals surface area contributed by atoms with Crippen molar-refractivity contribution in [1.82, 2.24) is 9.97 Å². The van der Waals surface area contributed by atoms with Gasteiger partial charge in [-0.2, -0.15) is 0 Å². The van der Waals surface area contributed by atoms with Gasteiger partial charge in [0, 0.05) is 6.54 Å². The number of rotatable bonds is 4. The summed E-state index contributed by atoms with van der Waals surface area (Å²) in [6.07, 6.45) is 2.93. The van der Waals surface area contributed by atoms with Gasteiger partial charge in [-0.3, -0.25) is 4.79 Å². The summed E-state index contributed by atoms with van der Waals surface area (Å²) in [6, 6.07) is 0. The molecule has 1 rings (SSSR count). The summed E-state index contributed by atoms with van der Waals surface area (Å²) in [4.78, 5) is 18.9. The molecule has 0 aliphatic carbocycles. The Hall–Kier alpha value is -1.36. The van der Waals surface area contributed by atoms with E-state index in [2.05, 4.69) is 15.3 Å². The maximum atomic E-state index is 11.0. The van der Waals surface area contributed by atoms with Gasteiger partial charge in [-0.05, 0) is 13.8 Å². The van der Waals surface area contributed by atoms with E-state index in [9.17, 15) is 4.79 Å². The fourth-order valence-corrected chi connectivity index (χ4v) is 0.900. The van der Waals surface area contributed by atoms with Gasteiger partial charge in [0.25, 0.3) is 0 Å². The second-order valence-electron chi connectivity index (χ2n) is 3.83. The molecular formula is C9H13ClN4O. The lowest BCUT2D eigenvalue weighted by molar-refractivity contribution is -0.125. The van der Waals surface area contributed by atoms with Crippen LogP contribution in [0, 0.1) is 5.41 Å². The van der Waals surface area contributed by atoms with Crippen molar-refractivity contribution in [3.63, 3.8) is 0 Å². The highest BCUT2D eigenvalue weighted by molar-refractivity contribution is 6.29. The molecule has 3 N–H and O–H groups in total. The third-order valence-electron chi connectivity index (χ3n) is 2.00. The Morgan fingerprint density at radius 1 is 1.53 bits per heavy atom. The van der Waals surface area contributed by atoms with Gasteiger partial charge in [-0.25, -0.2) is 9.97 Å². The third-order valence-corrected chi connectivity index (χ3v) is 2.19. The van der Waals surface area contributed by atoms with Crippen molar-refractivity contribution < 1.29 is 4.79 Å². The smallest absolute Gasteiger partial charge is 0.224 e. The number of anilines is 1. The van der Waals surface area contributed by atoms with E-state index in [0.29, 0.717) is 17.5 Å². The molecule has 0 fully saturated rings. The molecular weight excluding hydrogens is 216 g/mol. The molecule has 82 valence electrons. The number of hydrogen-bond donors (Lipinski definition) is 2. The summed E-state index contributed by atoms with van der Waals surface area (Å²) in [7, 11) is 0. The highest BCUT2D eigenvalue weighted by Gasteiger charge is 2.24. The molecule has 0 bridgehead atoms. The zero-order valence-electron chi connectivity index (χ0n) is 8.62. The van der Waals surface area contributed by atoms with E-state index >= 15 is 0 Å². The highest BCUT2D eigenvalue weighted by atomic mass is 35.5. The quantitative estimate of drug-likeness (QED) is 0.807. The highest BCUT2D eigenvalue weighted by Crippen LogP contribution is 2.15. The van der Waals surface area contributed by atoms with E-state index in [1.165, 1.54) is 12.4 Å². The Labute approximate surface area is 93.0 Å². The van der Waals surface area contributed by atoms with Crippen LogP contribution >= 0.6 is 11.6 Å². The molecule has 5 nitrogen and oxygen atoms in total. The van der Waals surface area contributed by atoms with Crippen LogP contribution in [0.2, 0.25) is 5.15 Å². The normalized spacial score (nSPS) is 11.1. The first-order chi connectivity index (χ1) is 6.92. The number of carbonyl (C=O) groups excluding carboxylic acids is 1. The molecule has 6 heteroatoms. The van der Waals surface area contributed by atoms with Crippen LogP contribution in [0.4, 0.5) is 5.82 Å². The zero-order chi connectivity index (χ0) is 11.5. The maximum Gasteiger partial charge on any atom is 0.224 e. The molecule has 1 aromatic heterocycles. The molecule has 1 amide bonds. The minimum atomic E-state index is -0.624. The number of nitrogens with one attached hydrogen (secondary N) is 1. The van der Waals surface area contributed by atoms with Crippen LogP contribution in [0.1, 0.15) is 13.8 Å². The van der Waals surface area contributed by atoms with Gasteiger partial charge in [-0.15, -0.1) is 0 Å². The molecule has 0 saturated carbocycles. The standard InChI is InChI=1S/C9H13ClN4O/c1-9(2,8(11)15)5-14-7-4-12-6(10)3-13-7/h3-4H,5H2,1-2H3,(H2,11,15)(H,13,14). The van der Waals surface area contributed by atoms with Crippen LogP contribution < -0.4 is 11.1 Å². The molecule has 1 aromatic rings. The predicted octanol–water partition coefficient (Wildman–Crippen LogP) is 1.05. The maximum absolute atomic E-state index is 11.0. The summed E-state index contributed by atoms with van der Waals surface area (Å²) in [6.45, 7) is 3.91. The van der Waals surface area contributed by atoms with Crippen LogP contribution in [0.25, 0.3) is 0 Å². The molecule has 0 radical (unpaired) electrons. The van der Waals surface area contributed by atoms with Gasteiger partial charge >= 0.3 is 0 Å². The lowest BCUT2D eigenvalue weighted by Crippen LogP contribution is -2.37. The molecule has 0 saturated heterocycles. The van der Waals surface area contributed by atoms with Gasteiger partial charge < -0.3 is 11.1 Å². The first-order valence-corrected chi connectivity index (χ1v) is 4.81. The van der Waals surface area contributed by atoms with E-state index in [4.69, 9.17) is 17.3 Å². The Morgan fingerprint density at radius 3 is 2.67 bits per heavy atom. The number of hydrogen-bond acceptors (Lipinski definition) is 4. The lowest BCUT2D eigenvalue weighted by atomic mass is 9.93. The van der Waals surface area contributed by atoms with Crippen molar-refractivity contribution >= 4 is 23.3 Å². The minimum Gasteiger partial charge on any atom is -0.369 e. The van der Waals surface area contributed by atoms with Crippen LogP contribution in [0.3, 0.4) is 0 Å². The summed E-state index contributed by atoms with van der Waals surface area (Å²) in [5.74, 6) is 0.200. The lowest BCUT2D eigenvalue weighted by Gasteiger charge is -2.20. The Bertz CT molecular complexity index is 350. The molecule has 0 aliphatic heterocycles. The molecule has 1 heterocycles. The first-order valence-electron chi connectivity index (χ1n) is 4.43. The molecule has 0 aromatic carbocycles. The Balaban J connectivity index is 2.57. The summed E-state index contributed by atoms with van der Waals surface area (Å²) in [5.41, 5.74) is 4.60. The van der Waals surface area contributed by atoms with Gasteiger partial charge in [-0.1, -0.05) is 11.6 Å². The van der Waals surface area contributed by atoms with Crippen LogP contribution in [-0.2, 0) is 4.79 Å². The van der Waals surface area contributed by atoms with Crippen molar-refractivity contribution in [2.75, 3.05) is 11.9 Å². The second-order valence-corrected chi connectivity index (χ2v) is 4.21. The Kier molecular flexibility index (Phi) is 3.47. The van der Waals surface area contributed by atoms with E-state index in [1.54, 1.807) is 13.8 Å². The third kappa shape index (κ3) is 3.36. The number of nitrogens with two attached hydrogens (primary N) is 1. The van der Waals surface area contributed by atoms with Crippen molar-refractivity contribution in [1.29, 1.82) is 0 Å². The fraction of sp³-hybridized carbons (Fsp3) is 0.444. The summed E-state index contributed by atoms with van der Waals surface area (Å²) >= 11 is 5.58. The topological polar surface area (TPSA) is 80.9 Å². The monoisotopic (exact) mass is 228 g/mol. The molecule has 15 heavy (non-hydrogen) atoms. The molecule has 0 aliphatic rings. The van der Waals surface area contributed by atoms with Gasteiger partial charge in [0.15, 0.2) is 0 Å². The van der Waals surface area contributed by atoms with E-state index in [-0.39, 0.29) is 5.91 Å². The molecule has 0 atom stereocenters. The number of aromatic nitrogens is 2. The summed E-state index contributed by atoms with van der Waals surface area (Å²) < 4.78 is 0. The van der Waals surface area contributed by atoms with Crippen molar-refractivity contribution in [3.05, 3.63) is 17.5 Å². The molecule has 0 unspecified atom stereocenters. The summed E-state index contributed by atoms with van der Waals surface area (Å²) in [5, 5.41) is 3.29. The number of carbonyl (C=O) groups is 1. The number of nitrogens with zero attached hydrogens (tertiary/aromatic N) is 2. The molecule has 0 spiro atoms. The predicted molar refractivity (Wildman–Crippen MR) is 58.5 cm³/mol. The van der Waals surface area contributed by atoms with Crippen molar-refractivity contribution in [2.45, 2.75) is 13.8 Å². The first kappa shape index (κ1) is 11.7. The minimum absolute atomic E-state index is 0.328. The average molecular weight is 229 g/mol. The van der Waals surface area contributed by atoms with E-state index in [1.807, 2.05) is 0 Å². The number of primary amides is 1.